The highest BCUT2D eigenvalue weighted by molar-refractivity contribution is 5.75. The molecule has 4 atom stereocenters. The van der Waals surface area contributed by atoms with Gasteiger partial charge < -0.3 is 9.84 Å². The van der Waals surface area contributed by atoms with Crippen molar-refractivity contribution in [3.05, 3.63) is 0 Å². The topological polar surface area (TPSA) is 49.8 Å². The van der Waals surface area contributed by atoms with E-state index in [1.165, 1.54) is 6.42 Å². The molecule has 3 aliphatic rings. The molecule has 96 valence electrons. The Morgan fingerprint density at radius 2 is 1.82 bits per heavy atom. The van der Waals surface area contributed by atoms with Crippen molar-refractivity contribution in [1.82, 2.24) is 0 Å². The Balaban J connectivity index is 1.84. The second kappa shape index (κ2) is 3.98. The minimum absolute atomic E-state index is 0.337. The van der Waals surface area contributed by atoms with Gasteiger partial charge in [-0.2, -0.15) is 0 Å². The maximum atomic E-state index is 11.8. The Bertz CT molecular complexity index is 319. The van der Waals surface area contributed by atoms with E-state index >= 15 is 0 Å². The third-order valence-electron chi connectivity index (χ3n) is 5.35. The lowest BCUT2D eigenvalue weighted by Crippen LogP contribution is -2.45. The predicted molar refractivity (Wildman–Crippen MR) is 63.7 cm³/mol. The van der Waals surface area contributed by atoms with Gasteiger partial charge in [0.15, 0.2) is 0 Å². The highest BCUT2D eigenvalue weighted by Crippen LogP contribution is 2.54. The molecule has 0 aromatic rings. The lowest BCUT2D eigenvalue weighted by Gasteiger charge is -2.44. The highest BCUT2D eigenvalue weighted by atomic mass is 16.6. The van der Waals surface area contributed by atoms with Crippen molar-refractivity contribution in [2.24, 2.45) is 17.3 Å². The highest BCUT2D eigenvalue weighted by Gasteiger charge is 2.56. The normalized spacial score (nSPS) is 43.8. The molecule has 1 heterocycles. The zero-order valence-corrected chi connectivity index (χ0v) is 10.5. The van der Waals surface area contributed by atoms with Crippen LogP contribution >= 0.6 is 0 Å². The second-order valence-corrected chi connectivity index (χ2v) is 6.29. The summed E-state index contributed by atoms with van der Waals surface area (Å²) in [4.78, 5) is 11.8. The molecular formula is C14H22O3. The second-order valence-electron chi connectivity index (χ2n) is 6.29. The molecule has 3 heteroatoms. The third-order valence-corrected chi connectivity index (χ3v) is 5.35. The fraction of sp³-hybridized carbons (Fsp3) is 0.929. The van der Waals surface area contributed by atoms with Crippen molar-refractivity contribution in [1.29, 1.82) is 0 Å². The number of carboxylic acids is 1. The molecule has 3 rings (SSSR count). The van der Waals surface area contributed by atoms with Crippen LogP contribution in [0, 0.1) is 17.3 Å². The van der Waals surface area contributed by atoms with Crippen molar-refractivity contribution < 1.29 is 14.6 Å². The van der Waals surface area contributed by atoms with Crippen molar-refractivity contribution >= 4 is 5.97 Å². The molecule has 1 saturated heterocycles. The smallest absolute Gasteiger partial charge is 0.309 e. The SMILES string of the molecule is CC1CC2OC2CC1C1(C(=O)O)CCCCC1. The van der Waals surface area contributed by atoms with E-state index in [9.17, 15) is 9.90 Å². The molecule has 17 heavy (non-hydrogen) atoms. The van der Waals surface area contributed by atoms with Crippen molar-refractivity contribution in [3.63, 3.8) is 0 Å². The molecular weight excluding hydrogens is 216 g/mol. The van der Waals surface area contributed by atoms with E-state index in [1.807, 2.05) is 0 Å². The van der Waals surface area contributed by atoms with Crippen molar-refractivity contribution in [3.8, 4) is 0 Å². The van der Waals surface area contributed by atoms with E-state index in [0.717, 1.165) is 38.5 Å². The molecule has 4 unspecified atom stereocenters. The Morgan fingerprint density at radius 1 is 1.18 bits per heavy atom. The van der Waals surface area contributed by atoms with Crippen molar-refractivity contribution in [2.45, 2.75) is 64.1 Å². The summed E-state index contributed by atoms with van der Waals surface area (Å²) in [5.74, 6) is 0.296. The summed E-state index contributed by atoms with van der Waals surface area (Å²) < 4.78 is 5.60. The Hall–Kier alpha value is -0.570. The van der Waals surface area contributed by atoms with Crippen LogP contribution in [-0.4, -0.2) is 23.3 Å². The van der Waals surface area contributed by atoms with Gasteiger partial charge in [0.2, 0.25) is 0 Å². The standard InChI is InChI=1S/C14H22O3/c1-9-7-11-12(17-11)8-10(9)14(13(15)16)5-3-2-4-6-14/h9-12H,2-8H2,1H3,(H,15,16). The van der Waals surface area contributed by atoms with Gasteiger partial charge in [0.05, 0.1) is 17.6 Å². The molecule has 0 aromatic heterocycles. The van der Waals surface area contributed by atoms with Crippen LogP contribution in [0.3, 0.4) is 0 Å². The molecule has 1 N–H and O–H groups in total. The molecule has 3 nitrogen and oxygen atoms in total. The van der Waals surface area contributed by atoms with E-state index in [-0.39, 0.29) is 0 Å². The lowest BCUT2D eigenvalue weighted by atomic mass is 9.58. The fourth-order valence-corrected chi connectivity index (χ4v) is 4.30. The maximum absolute atomic E-state index is 11.8. The van der Waals surface area contributed by atoms with Crippen LogP contribution in [-0.2, 0) is 9.53 Å². The number of fused-ring (bicyclic) bond motifs is 1. The van der Waals surface area contributed by atoms with Gasteiger partial charge >= 0.3 is 5.97 Å². The molecule has 3 fully saturated rings. The molecule has 2 saturated carbocycles. The maximum Gasteiger partial charge on any atom is 0.309 e. The molecule has 0 radical (unpaired) electrons. The summed E-state index contributed by atoms with van der Waals surface area (Å²) in [6, 6.07) is 0. The van der Waals surface area contributed by atoms with Crippen LogP contribution in [0.2, 0.25) is 0 Å². The number of carboxylic acid groups (broad SMARTS) is 1. The fourth-order valence-electron chi connectivity index (χ4n) is 4.30. The van der Waals surface area contributed by atoms with Crippen LogP contribution < -0.4 is 0 Å². The van der Waals surface area contributed by atoms with Crippen LogP contribution in [0.25, 0.3) is 0 Å². The van der Waals surface area contributed by atoms with Gasteiger partial charge in [-0.3, -0.25) is 4.79 Å². The van der Waals surface area contributed by atoms with E-state index in [0.29, 0.717) is 24.0 Å². The number of carbonyl (C=O) groups is 1. The summed E-state index contributed by atoms with van der Waals surface area (Å²) in [6.07, 6.45) is 8.05. The van der Waals surface area contributed by atoms with Gasteiger partial charge in [0.25, 0.3) is 0 Å². The van der Waals surface area contributed by atoms with E-state index in [1.54, 1.807) is 0 Å². The minimum atomic E-state index is -0.548. The number of ether oxygens (including phenoxy) is 1. The molecule has 0 aromatic carbocycles. The summed E-state index contributed by atoms with van der Waals surface area (Å²) in [6.45, 7) is 2.22. The molecule has 1 aliphatic heterocycles. The van der Waals surface area contributed by atoms with Gasteiger partial charge in [0.1, 0.15) is 0 Å². The average molecular weight is 238 g/mol. The molecule has 2 aliphatic carbocycles. The zero-order chi connectivity index (χ0) is 12.0. The van der Waals surface area contributed by atoms with E-state index in [4.69, 9.17) is 4.74 Å². The minimum Gasteiger partial charge on any atom is -0.481 e. The van der Waals surface area contributed by atoms with Crippen LogP contribution in [0.4, 0.5) is 0 Å². The van der Waals surface area contributed by atoms with E-state index in [2.05, 4.69) is 6.92 Å². The van der Waals surface area contributed by atoms with Crippen LogP contribution in [0.5, 0.6) is 0 Å². The summed E-state index contributed by atoms with van der Waals surface area (Å²) in [5, 5.41) is 9.72. The first-order valence-electron chi connectivity index (χ1n) is 7.02. The lowest BCUT2D eigenvalue weighted by molar-refractivity contribution is -0.158. The van der Waals surface area contributed by atoms with E-state index < -0.39 is 11.4 Å². The first-order chi connectivity index (χ1) is 8.13. The average Bonchev–Trinajstić information content (AvgIpc) is 3.06. The summed E-state index contributed by atoms with van der Waals surface area (Å²) in [5.41, 5.74) is -0.436. The summed E-state index contributed by atoms with van der Waals surface area (Å²) in [7, 11) is 0. The first kappa shape index (κ1) is 11.5. The van der Waals surface area contributed by atoms with Crippen molar-refractivity contribution in [2.75, 3.05) is 0 Å². The Morgan fingerprint density at radius 3 is 2.47 bits per heavy atom. The van der Waals surface area contributed by atoms with Gasteiger partial charge in [0, 0.05) is 0 Å². The number of epoxide rings is 1. The third kappa shape index (κ3) is 1.79. The molecule has 0 bridgehead atoms. The van der Waals surface area contributed by atoms with Gasteiger partial charge in [-0.25, -0.2) is 0 Å². The number of hydrogen-bond acceptors (Lipinski definition) is 2. The monoisotopic (exact) mass is 238 g/mol. The van der Waals surface area contributed by atoms with Gasteiger partial charge in [-0.15, -0.1) is 0 Å². The number of hydrogen-bond donors (Lipinski definition) is 1. The Labute approximate surface area is 103 Å². The first-order valence-corrected chi connectivity index (χ1v) is 7.02. The molecule has 0 spiro atoms. The predicted octanol–water partition coefficient (Wildman–Crippen LogP) is 2.84. The number of aliphatic carboxylic acids is 1. The van der Waals surface area contributed by atoms with Gasteiger partial charge in [-0.05, 0) is 37.5 Å². The summed E-state index contributed by atoms with van der Waals surface area (Å²) >= 11 is 0. The number of rotatable bonds is 2. The van der Waals surface area contributed by atoms with Crippen LogP contribution in [0.15, 0.2) is 0 Å². The van der Waals surface area contributed by atoms with Gasteiger partial charge in [-0.1, -0.05) is 26.2 Å². The molecule has 0 amide bonds. The quantitative estimate of drug-likeness (QED) is 0.752. The van der Waals surface area contributed by atoms with Crippen LogP contribution in [0.1, 0.15) is 51.9 Å². The Kier molecular flexibility index (Phi) is 2.69. The largest absolute Gasteiger partial charge is 0.481 e. The zero-order valence-electron chi connectivity index (χ0n) is 10.5.